The molecule has 1 aliphatic heterocycles. The van der Waals surface area contributed by atoms with Gasteiger partial charge in [0.1, 0.15) is 5.76 Å². The van der Waals surface area contributed by atoms with Gasteiger partial charge in [-0.15, -0.1) is 0 Å². The third-order valence-electron chi connectivity index (χ3n) is 3.66. The van der Waals surface area contributed by atoms with Crippen molar-refractivity contribution in [2.45, 2.75) is 26.3 Å². The van der Waals surface area contributed by atoms with Gasteiger partial charge in [0, 0.05) is 13.1 Å². The molecule has 0 aromatic carbocycles. The summed E-state index contributed by atoms with van der Waals surface area (Å²) in [6.07, 6.45) is 2.61. The fourth-order valence-corrected chi connectivity index (χ4v) is 2.70. The van der Waals surface area contributed by atoms with Crippen LogP contribution in [0.3, 0.4) is 0 Å². The molecule has 1 fully saturated rings. The van der Waals surface area contributed by atoms with Gasteiger partial charge in [0.25, 0.3) is 0 Å². The maximum atomic E-state index is 11.1. The van der Waals surface area contributed by atoms with E-state index in [9.17, 15) is 4.79 Å². The molecule has 2 heterocycles. The number of nitrogens with zero attached hydrogens (tertiary/aromatic N) is 1. The van der Waals surface area contributed by atoms with Crippen molar-refractivity contribution < 1.29 is 14.3 Å². The second kappa shape index (κ2) is 4.92. The zero-order valence-electron chi connectivity index (χ0n) is 10.3. The molecular weight excluding hydrogens is 218 g/mol. The maximum absolute atomic E-state index is 11.1. The Morgan fingerprint density at radius 2 is 2.41 bits per heavy atom. The SMILES string of the molecule is CCC(c1ccco1)N1CC(C)C(C(=O)O)C1. The molecule has 3 atom stereocenters. The monoisotopic (exact) mass is 237 g/mol. The van der Waals surface area contributed by atoms with E-state index in [1.807, 2.05) is 19.1 Å². The predicted molar refractivity (Wildman–Crippen MR) is 63.6 cm³/mol. The summed E-state index contributed by atoms with van der Waals surface area (Å²) in [4.78, 5) is 13.3. The summed E-state index contributed by atoms with van der Waals surface area (Å²) in [6.45, 7) is 5.56. The summed E-state index contributed by atoms with van der Waals surface area (Å²) in [5, 5.41) is 9.14. The van der Waals surface area contributed by atoms with Gasteiger partial charge >= 0.3 is 5.97 Å². The van der Waals surface area contributed by atoms with Gasteiger partial charge in [-0.25, -0.2) is 0 Å². The number of aliphatic carboxylic acids is 1. The highest BCUT2D eigenvalue weighted by Crippen LogP contribution is 2.33. The van der Waals surface area contributed by atoms with Crippen molar-refractivity contribution in [3.63, 3.8) is 0 Å². The molecule has 1 aromatic heterocycles. The number of carboxylic acids is 1. The molecule has 4 nitrogen and oxygen atoms in total. The van der Waals surface area contributed by atoms with Gasteiger partial charge in [0.05, 0.1) is 18.2 Å². The minimum absolute atomic E-state index is 0.205. The number of likely N-dealkylation sites (tertiary alicyclic amines) is 1. The van der Waals surface area contributed by atoms with Crippen molar-refractivity contribution in [1.82, 2.24) is 4.90 Å². The molecule has 1 N–H and O–H groups in total. The van der Waals surface area contributed by atoms with E-state index in [1.165, 1.54) is 0 Å². The van der Waals surface area contributed by atoms with Gasteiger partial charge in [-0.1, -0.05) is 13.8 Å². The summed E-state index contributed by atoms with van der Waals surface area (Å²) < 4.78 is 5.44. The Labute approximate surface area is 101 Å². The molecule has 0 bridgehead atoms. The lowest BCUT2D eigenvalue weighted by atomic mass is 9.99. The molecule has 4 heteroatoms. The van der Waals surface area contributed by atoms with E-state index in [1.54, 1.807) is 6.26 Å². The van der Waals surface area contributed by atoms with Gasteiger partial charge in [-0.05, 0) is 24.5 Å². The summed E-state index contributed by atoms with van der Waals surface area (Å²) in [6, 6.07) is 4.05. The van der Waals surface area contributed by atoms with E-state index in [0.717, 1.165) is 18.7 Å². The van der Waals surface area contributed by atoms with E-state index in [0.29, 0.717) is 6.54 Å². The molecule has 1 aromatic rings. The average Bonchev–Trinajstić information content (AvgIpc) is 2.89. The number of hydrogen-bond donors (Lipinski definition) is 1. The number of rotatable bonds is 4. The Kier molecular flexibility index (Phi) is 3.52. The van der Waals surface area contributed by atoms with Crippen molar-refractivity contribution in [3.8, 4) is 0 Å². The normalized spacial score (nSPS) is 27.2. The van der Waals surface area contributed by atoms with Crippen molar-refractivity contribution in [2.24, 2.45) is 11.8 Å². The van der Waals surface area contributed by atoms with Crippen LogP contribution in [0, 0.1) is 11.8 Å². The highest BCUT2D eigenvalue weighted by atomic mass is 16.4. The van der Waals surface area contributed by atoms with E-state index < -0.39 is 5.97 Å². The van der Waals surface area contributed by atoms with Crippen LogP contribution in [-0.4, -0.2) is 29.1 Å². The second-order valence-electron chi connectivity index (χ2n) is 4.82. The third kappa shape index (κ3) is 2.36. The van der Waals surface area contributed by atoms with Crippen molar-refractivity contribution >= 4 is 5.97 Å². The lowest BCUT2D eigenvalue weighted by Gasteiger charge is -2.24. The molecule has 0 aliphatic carbocycles. The van der Waals surface area contributed by atoms with Crippen LogP contribution in [0.25, 0.3) is 0 Å². The van der Waals surface area contributed by atoms with Crippen LogP contribution in [-0.2, 0) is 4.79 Å². The third-order valence-corrected chi connectivity index (χ3v) is 3.66. The van der Waals surface area contributed by atoms with Crippen LogP contribution in [0.1, 0.15) is 32.1 Å². The molecule has 2 rings (SSSR count). The molecule has 0 radical (unpaired) electrons. The van der Waals surface area contributed by atoms with Crippen LogP contribution in [0.2, 0.25) is 0 Å². The van der Waals surface area contributed by atoms with E-state index in [4.69, 9.17) is 9.52 Å². The topological polar surface area (TPSA) is 53.7 Å². The number of carbonyl (C=O) groups is 1. The molecule has 17 heavy (non-hydrogen) atoms. The van der Waals surface area contributed by atoms with Crippen LogP contribution in [0.5, 0.6) is 0 Å². The molecule has 3 unspecified atom stereocenters. The van der Waals surface area contributed by atoms with E-state index >= 15 is 0 Å². The van der Waals surface area contributed by atoms with Crippen LogP contribution < -0.4 is 0 Å². The highest BCUT2D eigenvalue weighted by molar-refractivity contribution is 5.71. The quantitative estimate of drug-likeness (QED) is 0.873. The summed E-state index contributed by atoms with van der Waals surface area (Å²) in [5.74, 6) is 0.204. The first-order valence-corrected chi connectivity index (χ1v) is 6.13. The Morgan fingerprint density at radius 1 is 1.65 bits per heavy atom. The standard InChI is InChI=1S/C13H19NO3/c1-3-11(12-5-4-6-17-12)14-7-9(2)10(8-14)13(15)16/h4-6,9-11H,3,7-8H2,1-2H3,(H,15,16). The Balaban J connectivity index is 2.10. The minimum Gasteiger partial charge on any atom is -0.481 e. The molecule has 94 valence electrons. The van der Waals surface area contributed by atoms with Gasteiger partial charge in [-0.3, -0.25) is 9.69 Å². The van der Waals surface area contributed by atoms with E-state index in [-0.39, 0.29) is 17.9 Å². The second-order valence-corrected chi connectivity index (χ2v) is 4.82. The molecule has 0 amide bonds. The van der Waals surface area contributed by atoms with Crippen molar-refractivity contribution in [2.75, 3.05) is 13.1 Å². The number of furan rings is 1. The van der Waals surface area contributed by atoms with Gasteiger partial charge in [-0.2, -0.15) is 0 Å². The molecule has 1 aliphatic rings. The zero-order valence-corrected chi connectivity index (χ0v) is 10.3. The highest BCUT2D eigenvalue weighted by Gasteiger charge is 2.38. The van der Waals surface area contributed by atoms with Gasteiger partial charge < -0.3 is 9.52 Å². The first-order chi connectivity index (χ1) is 8.13. The lowest BCUT2D eigenvalue weighted by molar-refractivity contribution is -0.142. The molecule has 0 saturated carbocycles. The summed E-state index contributed by atoms with van der Waals surface area (Å²) in [5.41, 5.74) is 0. The molecule has 1 saturated heterocycles. The molecular formula is C13H19NO3. The smallest absolute Gasteiger partial charge is 0.308 e. The minimum atomic E-state index is -0.686. The fraction of sp³-hybridized carbons (Fsp3) is 0.615. The van der Waals surface area contributed by atoms with Crippen molar-refractivity contribution in [1.29, 1.82) is 0 Å². The maximum Gasteiger partial charge on any atom is 0.308 e. The van der Waals surface area contributed by atoms with Crippen molar-refractivity contribution in [3.05, 3.63) is 24.2 Å². The first-order valence-electron chi connectivity index (χ1n) is 6.13. The first kappa shape index (κ1) is 12.2. The predicted octanol–water partition coefficient (Wildman–Crippen LogP) is 2.38. The zero-order chi connectivity index (χ0) is 12.4. The average molecular weight is 237 g/mol. The summed E-state index contributed by atoms with van der Waals surface area (Å²) >= 11 is 0. The van der Waals surface area contributed by atoms with Crippen LogP contribution in [0.15, 0.2) is 22.8 Å². The Hall–Kier alpha value is -1.29. The Bertz CT molecular complexity index is 374. The summed E-state index contributed by atoms with van der Waals surface area (Å²) in [7, 11) is 0. The van der Waals surface area contributed by atoms with Crippen LogP contribution in [0.4, 0.5) is 0 Å². The van der Waals surface area contributed by atoms with Gasteiger partial charge in [0.15, 0.2) is 0 Å². The fourth-order valence-electron chi connectivity index (χ4n) is 2.70. The molecule has 0 spiro atoms. The van der Waals surface area contributed by atoms with E-state index in [2.05, 4.69) is 11.8 Å². The Morgan fingerprint density at radius 3 is 2.88 bits per heavy atom. The number of hydrogen-bond acceptors (Lipinski definition) is 3. The van der Waals surface area contributed by atoms with Gasteiger partial charge in [0.2, 0.25) is 0 Å². The number of carboxylic acid groups (broad SMARTS) is 1. The van der Waals surface area contributed by atoms with Crippen LogP contribution >= 0.6 is 0 Å². The lowest BCUT2D eigenvalue weighted by Crippen LogP contribution is -2.27. The largest absolute Gasteiger partial charge is 0.481 e.